The summed E-state index contributed by atoms with van der Waals surface area (Å²) < 4.78 is 46.7. The molecule has 1 fully saturated rings. The summed E-state index contributed by atoms with van der Waals surface area (Å²) >= 11 is 5.70. The summed E-state index contributed by atoms with van der Waals surface area (Å²) in [5, 5.41) is 2.38. The van der Waals surface area contributed by atoms with Gasteiger partial charge in [0.25, 0.3) is 0 Å². The fourth-order valence-electron chi connectivity index (χ4n) is 3.53. The first-order valence-corrected chi connectivity index (χ1v) is 11.5. The number of aromatic nitrogens is 1. The van der Waals surface area contributed by atoms with E-state index in [2.05, 4.69) is 5.32 Å². The number of hydrogen-bond donors (Lipinski definition) is 1. The van der Waals surface area contributed by atoms with E-state index in [9.17, 15) is 22.4 Å². The molecule has 2 aromatic carbocycles. The molecule has 0 unspecified atom stereocenters. The zero-order valence-corrected chi connectivity index (χ0v) is 17.9. The minimum absolute atomic E-state index is 0.0354. The van der Waals surface area contributed by atoms with Crippen molar-refractivity contribution in [3.63, 3.8) is 0 Å². The number of nitrogens with zero attached hydrogens (tertiary/aromatic N) is 2. The molecule has 1 amide bonds. The largest absolute Gasteiger partial charge is 0.420 e. The van der Waals surface area contributed by atoms with Crippen LogP contribution in [-0.4, -0.2) is 36.3 Å². The molecule has 3 aromatic rings. The molecule has 1 aliphatic rings. The lowest BCUT2D eigenvalue weighted by Crippen LogP contribution is -2.35. The Labute approximate surface area is 182 Å². The van der Waals surface area contributed by atoms with Gasteiger partial charge >= 0.3 is 5.76 Å². The van der Waals surface area contributed by atoms with Gasteiger partial charge in [0.1, 0.15) is 12.4 Å². The van der Waals surface area contributed by atoms with Gasteiger partial charge in [-0.15, -0.1) is 0 Å². The van der Waals surface area contributed by atoms with Crippen molar-refractivity contribution in [3.8, 4) is 0 Å². The van der Waals surface area contributed by atoms with Crippen LogP contribution in [0.15, 0.2) is 50.5 Å². The predicted molar refractivity (Wildman–Crippen MR) is 113 cm³/mol. The Morgan fingerprint density at radius 1 is 1.13 bits per heavy atom. The molecule has 164 valence electrons. The molecule has 0 atom stereocenters. The van der Waals surface area contributed by atoms with Crippen molar-refractivity contribution in [2.75, 3.05) is 18.4 Å². The first-order valence-electron chi connectivity index (χ1n) is 9.64. The van der Waals surface area contributed by atoms with Gasteiger partial charge < -0.3 is 9.73 Å². The highest BCUT2D eigenvalue weighted by atomic mass is 35.5. The van der Waals surface area contributed by atoms with Crippen molar-refractivity contribution in [2.45, 2.75) is 30.7 Å². The van der Waals surface area contributed by atoms with Gasteiger partial charge in [0, 0.05) is 24.8 Å². The Bertz CT molecular complexity index is 1310. The maximum atomic E-state index is 13.3. The number of fused-ring (bicyclic) bond motifs is 1. The molecule has 0 aliphatic carbocycles. The van der Waals surface area contributed by atoms with Gasteiger partial charge in [-0.3, -0.25) is 9.36 Å². The van der Waals surface area contributed by atoms with Crippen molar-refractivity contribution >= 4 is 44.3 Å². The number of amides is 1. The van der Waals surface area contributed by atoms with Gasteiger partial charge in [-0.25, -0.2) is 17.6 Å². The predicted octanol–water partition coefficient (Wildman–Crippen LogP) is 3.20. The number of hydrogen-bond acceptors (Lipinski definition) is 5. The summed E-state index contributed by atoms with van der Waals surface area (Å²) in [6, 6.07) is 7.85. The minimum atomic E-state index is -3.69. The molecule has 0 spiro atoms. The van der Waals surface area contributed by atoms with Gasteiger partial charge in [-0.1, -0.05) is 18.0 Å². The Morgan fingerprint density at radius 2 is 1.87 bits per heavy atom. The van der Waals surface area contributed by atoms with Crippen LogP contribution in [0.1, 0.15) is 19.3 Å². The van der Waals surface area contributed by atoms with Crippen molar-refractivity contribution in [3.05, 3.63) is 57.8 Å². The van der Waals surface area contributed by atoms with Crippen LogP contribution in [0, 0.1) is 5.82 Å². The third-order valence-electron chi connectivity index (χ3n) is 5.10. The van der Waals surface area contributed by atoms with Crippen molar-refractivity contribution in [2.24, 2.45) is 0 Å². The highest BCUT2D eigenvalue weighted by molar-refractivity contribution is 7.89. The average molecular weight is 468 g/mol. The molecule has 2 heterocycles. The van der Waals surface area contributed by atoms with E-state index in [4.69, 9.17) is 16.0 Å². The zero-order chi connectivity index (χ0) is 22.2. The SMILES string of the molecule is O=C(Cn1c(=O)oc2cc(S(=O)(=O)N3CCCCC3)ccc21)Nc1ccc(F)c(Cl)c1. The Kier molecular flexibility index (Phi) is 5.87. The van der Waals surface area contributed by atoms with Gasteiger partial charge in [0.05, 0.1) is 15.4 Å². The van der Waals surface area contributed by atoms with E-state index in [1.165, 1.54) is 34.6 Å². The molecular formula is C20H19ClFN3O5S. The monoisotopic (exact) mass is 467 g/mol. The molecule has 0 saturated carbocycles. The molecule has 1 aliphatic heterocycles. The Morgan fingerprint density at radius 3 is 2.58 bits per heavy atom. The molecule has 4 rings (SSSR count). The van der Waals surface area contributed by atoms with Crippen molar-refractivity contribution in [1.29, 1.82) is 0 Å². The quantitative estimate of drug-likeness (QED) is 0.621. The highest BCUT2D eigenvalue weighted by Gasteiger charge is 2.27. The zero-order valence-electron chi connectivity index (χ0n) is 16.3. The second kappa shape index (κ2) is 8.45. The molecule has 1 aromatic heterocycles. The van der Waals surface area contributed by atoms with Crippen LogP contribution in [0.3, 0.4) is 0 Å². The van der Waals surface area contributed by atoms with E-state index in [0.29, 0.717) is 13.1 Å². The third-order valence-corrected chi connectivity index (χ3v) is 7.28. The normalized spacial score (nSPS) is 15.3. The summed E-state index contributed by atoms with van der Waals surface area (Å²) in [6.07, 6.45) is 2.61. The lowest BCUT2D eigenvalue weighted by Gasteiger charge is -2.25. The second-order valence-corrected chi connectivity index (χ2v) is 9.57. The van der Waals surface area contributed by atoms with Crippen LogP contribution >= 0.6 is 11.6 Å². The van der Waals surface area contributed by atoms with Crippen LogP contribution in [0.25, 0.3) is 11.1 Å². The Hall–Kier alpha value is -2.69. The van der Waals surface area contributed by atoms with Gasteiger partial charge in [-0.05, 0) is 43.2 Å². The van der Waals surface area contributed by atoms with Crippen LogP contribution in [0.5, 0.6) is 0 Å². The molecule has 0 radical (unpaired) electrons. The van der Waals surface area contributed by atoms with E-state index < -0.39 is 27.5 Å². The fourth-order valence-corrected chi connectivity index (χ4v) is 5.24. The van der Waals surface area contributed by atoms with E-state index in [1.54, 1.807) is 0 Å². The number of anilines is 1. The number of carbonyl (C=O) groups is 1. The molecule has 1 N–H and O–H groups in total. The maximum Gasteiger partial charge on any atom is 0.420 e. The maximum absolute atomic E-state index is 13.3. The van der Waals surface area contributed by atoms with Crippen LogP contribution < -0.4 is 11.1 Å². The number of benzene rings is 2. The minimum Gasteiger partial charge on any atom is -0.408 e. The summed E-state index contributed by atoms with van der Waals surface area (Å²) in [4.78, 5) is 24.7. The number of piperidine rings is 1. The molecule has 1 saturated heterocycles. The molecule has 11 heteroatoms. The van der Waals surface area contributed by atoms with Crippen LogP contribution in [-0.2, 0) is 21.4 Å². The van der Waals surface area contributed by atoms with Crippen LogP contribution in [0.4, 0.5) is 10.1 Å². The summed E-state index contributed by atoms with van der Waals surface area (Å²) in [7, 11) is -3.69. The average Bonchev–Trinajstić information content (AvgIpc) is 3.05. The van der Waals surface area contributed by atoms with Crippen molar-refractivity contribution in [1.82, 2.24) is 8.87 Å². The first kappa shape index (κ1) is 21.5. The molecule has 0 bridgehead atoms. The van der Waals surface area contributed by atoms with E-state index in [0.717, 1.165) is 29.9 Å². The smallest absolute Gasteiger partial charge is 0.408 e. The van der Waals surface area contributed by atoms with Crippen molar-refractivity contribution < 1.29 is 22.0 Å². The van der Waals surface area contributed by atoms with E-state index >= 15 is 0 Å². The second-order valence-electron chi connectivity index (χ2n) is 7.23. The number of nitrogens with one attached hydrogen (secondary N) is 1. The number of oxazole rings is 1. The first-order chi connectivity index (χ1) is 14.8. The number of carbonyl (C=O) groups excluding carboxylic acids is 1. The van der Waals surface area contributed by atoms with Gasteiger partial charge in [0.2, 0.25) is 15.9 Å². The lowest BCUT2D eigenvalue weighted by molar-refractivity contribution is -0.116. The fraction of sp³-hybridized carbons (Fsp3) is 0.300. The van der Waals surface area contributed by atoms with E-state index in [1.807, 2.05) is 0 Å². The van der Waals surface area contributed by atoms with Gasteiger partial charge in [-0.2, -0.15) is 4.31 Å². The highest BCUT2D eigenvalue weighted by Crippen LogP contribution is 2.24. The lowest BCUT2D eigenvalue weighted by atomic mass is 10.2. The Balaban J connectivity index is 1.58. The van der Waals surface area contributed by atoms with Crippen LogP contribution in [0.2, 0.25) is 5.02 Å². The summed E-state index contributed by atoms with van der Waals surface area (Å²) in [5.74, 6) is -1.97. The number of sulfonamides is 1. The number of halogens is 2. The third kappa shape index (κ3) is 4.36. The van der Waals surface area contributed by atoms with Gasteiger partial charge in [0.15, 0.2) is 5.58 Å². The standard InChI is InChI=1S/C20H19ClFN3O5S/c21-15-10-13(4-6-16(15)22)23-19(26)12-25-17-7-5-14(11-18(17)30-20(25)27)31(28,29)24-8-2-1-3-9-24/h4-7,10-11H,1-3,8-9,12H2,(H,23,26). The topological polar surface area (TPSA) is 102 Å². The molecule has 31 heavy (non-hydrogen) atoms. The summed E-state index contributed by atoms with van der Waals surface area (Å²) in [6.45, 7) is 0.539. The summed E-state index contributed by atoms with van der Waals surface area (Å²) in [5.41, 5.74) is 0.628. The van der Waals surface area contributed by atoms with E-state index in [-0.39, 0.29) is 33.2 Å². The number of rotatable bonds is 5. The molecule has 8 nitrogen and oxygen atoms in total. The molecular weight excluding hydrogens is 449 g/mol.